The molecule has 1 N–H and O–H groups in total. The number of rotatable bonds is 5. The topological polar surface area (TPSA) is 55.1 Å². The highest BCUT2D eigenvalue weighted by Gasteiger charge is 2.24. The number of hydrogen-bond acceptors (Lipinski definition) is 5. The molecule has 106 valence electrons. The number of aliphatic carboxylic acids is 1. The molecule has 0 aliphatic rings. The number of benzene rings is 1. The quantitative estimate of drug-likeness (QED) is 0.668. The molecule has 0 radical (unpaired) electrons. The van der Waals surface area contributed by atoms with Gasteiger partial charge in [-0.1, -0.05) is 55.1 Å². The molecule has 1 atom stereocenters. The number of para-hydroxylation sites is 1. The summed E-state index contributed by atoms with van der Waals surface area (Å²) in [7, 11) is 0. The molecule has 1 heterocycles. The van der Waals surface area contributed by atoms with E-state index < -0.39 is 11.2 Å². The molecule has 1 aromatic heterocycles. The van der Waals surface area contributed by atoms with Crippen LogP contribution in [0.1, 0.15) is 13.8 Å². The van der Waals surface area contributed by atoms with E-state index in [0.29, 0.717) is 8.29 Å². The van der Waals surface area contributed by atoms with Gasteiger partial charge in [0.15, 0.2) is 8.29 Å². The maximum Gasteiger partial charge on any atom is 0.317 e. The summed E-state index contributed by atoms with van der Waals surface area (Å²) in [5, 5.41) is 13.1. The van der Waals surface area contributed by atoms with Gasteiger partial charge in [0.05, 0.1) is 5.69 Å². The summed E-state index contributed by atoms with van der Waals surface area (Å²) in [5.74, 6) is -0.794. The second kappa shape index (κ2) is 6.51. The van der Waals surface area contributed by atoms with Crippen molar-refractivity contribution < 1.29 is 9.90 Å². The lowest BCUT2D eigenvalue weighted by atomic mass is 10.1. The minimum Gasteiger partial charge on any atom is -0.480 e. The molecule has 0 aliphatic heterocycles. The molecule has 0 aliphatic carbocycles. The van der Waals surface area contributed by atoms with E-state index in [-0.39, 0.29) is 5.92 Å². The summed E-state index contributed by atoms with van der Waals surface area (Å²) in [6.45, 7) is 3.78. The van der Waals surface area contributed by atoms with Crippen molar-refractivity contribution >= 4 is 41.3 Å². The molecule has 0 spiro atoms. The third-order valence-corrected chi connectivity index (χ3v) is 5.46. The lowest BCUT2D eigenvalue weighted by Gasteiger charge is -2.13. The molecule has 7 heteroatoms. The molecule has 0 saturated heterocycles. The number of hydrogen-bond donors (Lipinski definition) is 1. The van der Waals surface area contributed by atoms with Gasteiger partial charge in [0, 0.05) is 0 Å². The summed E-state index contributed by atoms with van der Waals surface area (Å²) in [5.41, 5.74) is 0.886. The Balaban J connectivity index is 2.28. The third-order valence-electron chi connectivity index (χ3n) is 2.61. The number of aromatic nitrogens is 2. The first-order valence-electron chi connectivity index (χ1n) is 6.04. The zero-order valence-electron chi connectivity index (χ0n) is 11.0. The van der Waals surface area contributed by atoms with Gasteiger partial charge >= 0.3 is 5.97 Å². The van der Waals surface area contributed by atoms with Crippen molar-refractivity contribution in [2.45, 2.75) is 23.4 Å². The normalized spacial score (nSPS) is 12.6. The lowest BCUT2D eigenvalue weighted by molar-refractivity contribution is -0.137. The molecule has 0 fully saturated rings. The Bertz CT molecular complexity index is 649. The average Bonchev–Trinajstić information content (AvgIpc) is 2.77. The summed E-state index contributed by atoms with van der Waals surface area (Å²) in [6.07, 6.45) is 0. The number of carboxylic acids is 1. The Kier molecular flexibility index (Phi) is 4.95. The molecule has 0 bridgehead atoms. The first kappa shape index (κ1) is 15.2. The first-order chi connectivity index (χ1) is 9.49. The monoisotopic (exact) mass is 326 g/mol. The van der Waals surface area contributed by atoms with Crippen molar-refractivity contribution in [1.29, 1.82) is 0 Å². The number of thioether (sulfide) groups is 1. The molecule has 1 aromatic carbocycles. The summed E-state index contributed by atoms with van der Waals surface area (Å²) in [6, 6.07) is 9.59. The van der Waals surface area contributed by atoms with Crippen LogP contribution in [0.15, 0.2) is 34.7 Å². The highest BCUT2D eigenvalue weighted by atomic mass is 32.2. The van der Waals surface area contributed by atoms with Crippen molar-refractivity contribution in [3.05, 3.63) is 34.3 Å². The van der Waals surface area contributed by atoms with E-state index in [0.717, 1.165) is 5.69 Å². The summed E-state index contributed by atoms with van der Waals surface area (Å²) in [4.78, 5) is 11.2. The minimum atomic E-state index is -0.822. The second-order valence-electron chi connectivity index (χ2n) is 4.50. The largest absolute Gasteiger partial charge is 0.480 e. The van der Waals surface area contributed by atoms with Gasteiger partial charge in [-0.3, -0.25) is 4.79 Å². The number of carboxylic acid groups (broad SMARTS) is 1. The van der Waals surface area contributed by atoms with Crippen LogP contribution in [-0.2, 0) is 4.79 Å². The molecule has 2 aromatic rings. The van der Waals surface area contributed by atoms with Gasteiger partial charge in [-0.15, -0.1) is 5.10 Å². The fourth-order valence-corrected chi connectivity index (χ4v) is 4.13. The molecule has 20 heavy (non-hydrogen) atoms. The molecule has 1 unspecified atom stereocenters. The molecular formula is C13H14N2O2S3. The Morgan fingerprint density at radius 3 is 2.60 bits per heavy atom. The van der Waals surface area contributed by atoms with Crippen LogP contribution in [0.4, 0.5) is 0 Å². The summed E-state index contributed by atoms with van der Waals surface area (Å²) < 4.78 is 2.97. The van der Waals surface area contributed by atoms with E-state index in [1.807, 2.05) is 44.2 Å². The highest BCUT2D eigenvalue weighted by Crippen LogP contribution is 2.31. The lowest BCUT2D eigenvalue weighted by Crippen LogP contribution is -2.22. The minimum absolute atomic E-state index is 0.0279. The molecule has 0 saturated carbocycles. The highest BCUT2D eigenvalue weighted by molar-refractivity contribution is 8.02. The van der Waals surface area contributed by atoms with Crippen molar-refractivity contribution in [3.8, 4) is 5.69 Å². The van der Waals surface area contributed by atoms with Gasteiger partial charge in [0.1, 0.15) is 5.25 Å². The number of nitrogens with zero attached hydrogens (tertiary/aromatic N) is 2. The van der Waals surface area contributed by atoms with Crippen molar-refractivity contribution in [3.63, 3.8) is 0 Å². The van der Waals surface area contributed by atoms with Gasteiger partial charge in [-0.2, -0.15) is 0 Å². The van der Waals surface area contributed by atoms with Gasteiger partial charge in [0.25, 0.3) is 0 Å². The Hall–Kier alpha value is -1.18. The van der Waals surface area contributed by atoms with Crippen molar-refractivity contribution in [1.82, 2.24) is 9.78 Å². The Labute approximate surface area is 130 Å². The van der Waals surface area contributed by atoms with Crippen LogP contribution in [-0.4, -0.2) is 26.1 Å². The first-order valence-corrected chi connectivity index (χ1v) is 8.14. The van der Waals surface area contributed by atoms with E-state index in [1.165, 1.54) is 23.1 Å². The van der Waals surface area contributed by atoms with Gasteiger partial charge in [-0.25, -0.2) is 4.68 Å². The van der Waals surface area contributed by atoms with Crippen LogP contribution in [0.3, 0.4) is 0 Å². The van der Waals surface area contributed by atoms with Gasteiger partial charge in [-0.05, 0) is 30.3 Å². The maximum absolute atomic E-state index is 11.2. The Morgan fingerprint density at radius 1 is 1.40 bits per heavy atom. The van der Waals surface area contributed by atoms with Gasteiger partial charge < -0.3 is 5.11 Å². The smallest absolute Gasteiger partial charge is 0.317 e. The van der Waals surface area contributed by atoms with E-state index in [2.05, 4.69) is 5.10 Å². The molecule has 0 amide bonds. The zero-order chi connectivity index (χ0) is 14.7. The van der Waals surface area contributed by atoms with E-state index in [4.69, 9.17) is 12.2 Å². The summed E-state index contributed by atoms with van der Waals surface area (Å²) >= 11 is 7.89. The third kappa shape index (κ3) is 3.47. The van der Waals surface area contributed by atoms with Crippen molar-refractivity contribution in [2.75, 3.05) is 0 Å². The number of carbonyl (C=O) groups is 1. The van der Waals surface area contributed by atoms with E-state index in [1.54, 1.807) is 4.68 Å². The fraction of sp³-hybridized carbons (Fsp3) is 0.308. The fourth-order valence-electron chi connectivity index (χ4n) is 1.62. The predicted molar refractivity (Wildman–Crippen MR) is 84.4 cm³/mol. The van der Waals surface area contributed by atoms with Gasteiger partial charge in [0.2, 0.25) is 0 Å². The van der Waals surface area contributed by atoms with Crippen LogP contribution in [0.2, 0.25) is 0 Å². The van der Waals surface area contributed by atoms with Crippen LogP contribution < -0.4 is 0 Å². The van der Waals surface area contributed by atoms with E-state index >= 15 is 0 Å². The van der Waals surface area contributed by atoms with Crippen LogP contribution in [0.25, 0.3) is 5.69 Å². The maximum atomic E-state index is 11.2. The molecular weight excluding hydrogens is 312 g/mol. The SMILES string of the molecule is CC(C)C(Sc1nn(-c2ccccc2)c(=S)s1)C(=O)O. The second-order valence-corrected chi connectivity index (χ2v) is 7.51. The zero-order valence-corrected chi connectivity index (χ0v) is 13.5. The Morgan fingerprint density at radius 2 is 2.05 bits per heavy atom. The van der Waals surface area contributed by atoms with E-state index in [9.17, 15) is 9.90 Å². The standard InChI is InChI=1S/C13H14N2O2S3/c1-8(2)10(11(16)17)19-12-14-15(13(18)20-12)9-6-4-3-5-7-9/h3-8,10H,1-2H3,(H,16,17). The van der Waals surface area contributed by atoms with Crippen molar-refractivity contribution in [2.24, 2.45) is 5.92 Å². The van der Waals surface area contributed by atoms with Crippen LogP contribution in [0.5, 0.6) is 0 Å². The predicted octanol–water partition coefficient (Wildman–Crippen LogP) is 3.86. The molecule has 4 nitrogen and oxygen atoms in total. The average molecular weight is 326 g/mol. The molecule has 2 rings (SSSR count). The van der Waals surface area contributed by atoms with Crippen LogP contribution >= 0.6 is 35.3 Å². The van der Waals surface area contributed by atoms with Crippen LogP contribution in [0, 0.1) is 9.87 Å².